The number of amides is 1. The second-order valence-electron chi connectivity index (χ2n) is 6.41. The number of thiophene rings is 1. The first-order valence-corrected chi connectivity index (χ1v) is 13.5. The van der Waals surface area contributed by atoms with Crippen LogP contribution in [0.3, 0.4) is 0 Å². The molecule has 2 N–H and O–H groups in total. The molecule has 10 heteroatoms. The first kappa shape index (κ1) is 21.7. The summed E-state index contributed by atoms with van der Waals surface area (Å²) in [7, 11) is 0. The van der Waals surface area contributed by atoms with Gasteiger partial charge in [0, 0.05) is 0 Å². The molecule has 0 saturated heterocycles. The molecule has 0 aliphatic heterocycles. The average molecular weight is 603 g/mol. The molecule has 0 fully saturated rings. The van der Waals surface area contributed by atoms with E-state index in [1.165, 1.54) is 11.3 Å². The van der Waals surface area contributed by atoms with E-state index in [2.05, 4.69) is 47.6 Å². The molecular formula is C17H13As3Cl2N3OS. The Hall–Kier alpha value is -0.0147. The van der Waals surface area contributed by atoms with Crippen LogP contribution in [0, 0.1) is 0 Å². The Morgan fingerprint density at radius 1 is 1.30 bits per heavy atom. The Kier molecular flexibility index (Phi) is 6.74. The van der Waals surface area contributed by atoms with Crippen LogP contribution in [-0.2, 0) is 0 Å². The van der Waals surface area contributed by atoms with Gasteiger partial charge in [-0.3, -0.25) is 0 Å². The summed E-state index contributed by atoms with van der Waals surface area (Å²) in [5, 5.41) is 2.75. The number of primary amides is 1. The third kappa shape index (κ3) is 4.60. The van der Waals surface area contributed by atoms with Crippen molar-refractivity contribution in [2.24, 2.45) is 5.73 Å². The Balaban J connectivity index is 2.30. The van der Waals surface area contributed by atoms with E-state index in [0.29, 0.717) is 14.9 Å². The molecule has 0 spiro atoms. The Morgan fingerprint density at radius 2 is 2.00 bits per heavy atom. The number of hydrogen-bond acceptors (Lipinski definition) is 4. The fourth-order valence-corrected chi connectivity index (χ4v) is 7.53. The fraction of sp³-hybridized carbons (Fsp3) is 0.235. The minimum atomic E-state index is -0.463. The minimum absolute atomic E-state index is 0.133. The van der Waals surface area contributed by atoms with E-state index >= 15 is 0 Å². The maximum atomic E-state index is 11.8. The van der Waals surface area contributed by atoms with Gasteiger partial charge in [0.2, 0.25) is 0 Å². The molecule has 0 bridgehead atoms. The van der Waals surface area contributed by atoms with Crippen molar-refractivity contribution in [2.75, 3.05) is 0 Å². The first-order chi connectivity index (χ1) is 12.6. The summed E-state index contributed by atoms with van der Waals surface area (Å²) in [6, 6.07) is 5.42. The molecule has 4 nitrogen and oxygen atoms in total. The predicted octanol–water partition coefficient (Wildman–Crippen LogP) is 2.67. The van der Waals surface area contributed by atoms with E-state index in [4.69, 9.17) is 38.9 Å². The number of aromatic nitrogens is 2. The molecule has 0 unspecified atom stereocenters. The van der Waals surface area contributed by atoms with Crippen LogP contribution < -0.4 is 14.7 Å². The number of benzene rings is 1. The van der Waals surface area contributed by atoms with Crippen LogP contribution in [0.4, 0.5) is 0 Å². The van der Waals surface area contributed by atoms with Gasteiger partial charge in [-0.1, -0.05) is 0 Å². The van der Waals surface area contributed by atoms with Gasteiger partial charge in [0.05, 0.1) is 0 Å². The Labute approximate surface area is 195 Å². The SMILES string of the molecule is CC(C)(C[As])[As]c1nc(-c2ccc(Cl)c(Cl)c2)c2c([As])c(C(N)=O)sc2n1. The number of carbonyl (C=O) groups is 1. The molecular weight excluding hydrogens is 590 g/mol. The van der Waals surface area contributed by atoms with E-state index in [1.54, 1.807) is 12.1 Å². The third-order valence-electron chi connectivity index (χ3n) is 3.72. The van der Waals surface area contributed by atoms with Crippen LogP contribution in [0.2, 0.25) is 19.5 Å². The van der Waals surface area contributed by atoms with Crippen molar-refractivity contribution in [2.45, 2.75) is 23.3 Å². The Bertz CT molecular complexity index is 1060. The third-order valence-corrected chi connectivity index (χ3v) is 12.1. The van der Waals surface area contributed by atoms with Gasteiger partial charge in [-0.05, 0) is 0 Å². The van der Waals surface area contributed by atoms with Crippen LogP contribution in [0.5, 0.6) is 0 Å². The maximum absolute atomic E-state index is 11.8. The quantitative estimate of drug-likeness (QED) is 0.457. The second kappa shape index (κ2) is 8.38. The average Bonchev–Trinajstić information content (AvgIpc) is 2.93. The molecule has 1 aromatic carbocycles. The molecule has 5 radical (unpaired) electrons. The van der Waals surface area contributed by atoms with Crippen molar-refractivity contribution in [3.05, 3.63) is 33.1 Å². The molecule has 137 valence electrons. The van der Waals surface area contributed by atoms with Crippen LogP contribution in [-0.4, -0.2) is 65.3 Å². The zero-order chi connectivity index (χ0) is 19.9. The summed E-state index contributed by atoms with van der Waals surface area (Å²) in [6.45, 7) is 4.42. The van der Waals surface area contributed by atoms with E-state index < -0.39 is 5.91 Å². The zero-order valence-electron chi connectivity index (χ0n) is 14.3. The van der Waals surface area contributed by atoms with Gasteiger partial charge in [0.25, 0.3) is 0 Å². The van der Waals surface area contributed by atoms with Crippen molar-refractivity contribution < 1.29 is 4.79 Å². The molecule has 1 amide bonds. The van der Waals surface area contributed by atoms with Gasteiger partial charge in [-0.2, -0.15) is 0 Å². The van der Waals surface area contributed by atoms with E-state index in [9.17, 15) is 4.79 Å². The van der Waals surface area contributed by atoms with E-state index in [0.717, 1.165) is 35.6 Å². The summed E-state index contributed by atoms with van der Waals surface area (Å²) in [6.07, 6.45) is 0. The number of halogens is 2. The monoisotopic (exact) mass is 602 g/mol. The van der Waals surface area contributed by atoms with Crippen LogP contribution in [0.25, 0.3) is 21.5 Å². The van der Waals surface area contributed by atoms with Gasteiger partial charge in [-0.25, -0.2) is 0 Å². The van der Waals surface area contributed by atoms with Crippen molar-refractivity contribution in [1.82, 2.24) is 9.97 Å². The van der Waals surface area contributed by atoms with Gasteiger partial charge in [-0.15, -0.1) is 0 Å². The number of nitrogens with zero attached hydrogens (tertiary/aromatic N) is 2. The van der Waals surface area contributed by atoms with E-state index in [1.807, 2.05) is 6.07 Å². The predicted molar refractivity (Wildman–Crippen MR) is 117 cm³/mol. The van der Waals surface area contributed by atoms with Crippen LogP contribution >= 0.6 is 34.5 Å². The summed E-state index contributed by atoms with van der Waals surface area (Å²) in [4.78, 5) is 22.7. The fourth-order valence-electron chi connectivity index (χ4n) is 2.35. The standard InChI is InChI=1S/C17H13As3Cl2N3OS/c1-17(2,6-18)20-16-24-12(7-3-4-8(21)9(22)5-7)10-11(19)13(14(23)26)27-15(10)25-16/h3-5H,6H2,1-2H3,(H2,23,26). The van der Waals surface area contributed by atoms with E-state index in [-0.39, 0.29) is 20.0 Å². The molecule has 27 heavy (non-hydrogen) atoms. The van der Waals surface area contributed by atoms with Gasteiger partial charge in [0.1, 0.15) is 0 Å². The number of rotatable bonds is 5. The normalized spacial score (nSPS) is 12.4. The van der Waals surface area contributed by atoms with Crippen molar-refractivity contribution >= 4 is 109 Å². The van der Waals surface area contributed by atoms with Crippen molar-refractivity contribution in [3.63, 3.8) is 0 Å². The summed E-state index contributed by atoms with van der Waals surface area (Å²) < 4.78 is 1.69. The second-order valence-corrected chi connectivity index (χ2v) is 13.7. The number of nitrogens with two attached hydrogens (primary N) is 1. The Morgan fingerprint density at radius 3 is 2.59 bits per heavy atom. The van der Waals surface area contributed by atoms with Crippen LogP contribution in [0.1, 0.15) is 23.5 Å². The number of hydrogen-bond donors (Lipinski definition) is 1. The topological polar surface area (TPSA) is 68.9 Å². The summed E-state index contributed by atoms with van der Waals surface area (Å²) in [5.74, 6) is -0.463. The summed E-state index contributed by atoms with van der Waals surface area (Å²) in [5.41, 5.74) is 7.14. The molecule has 0 saturated carbocycles. The number of carbonyl (C=O) groups excluding carboxylic acids is 1. The first-order valence-electron chi connectivity index (χ1n) is 7.75. The molecule has 2 aromatic heterocycles. The molecule has 3 aromatic rings. The van der Waals surface area contributed by atoms with Gasteiger partial charge >= 0.3 is 197 Å². The summed E-state index contributed by atoms with van der Waals surface area (Å²) >= 11 is 18.4. The number of fused-ring (bicyclic) bond motifs is 1. The molecule has 2 heterocycles. The molecule has 0 aliphatic carbocycles. The molecule has 3 rings (SSSR count). The van der Waals surface area contributed by atoms with Crippen molar-refractivity contribution in [1.29, 1.82) is 0 Å². The zero-order valence-corrected chi connectivity index (χ0v) is 22.3. The van der Waals surface area contributed by atoms with Gasteiger partial charge in [0.15, 0.2) is 0 Å². The van der Waals surface area contributed by atoms with Gasteiger partial charge < -0.3 is 0 Å². The van der Waals surface area contributed by atoms with Crippen LogP contribution in [0.15, 0.2) is 18.2 Å². The molecule has 0 aliphatic rings. The van der Waals surface area contributed by atoms with Crippen molar-refractivity contribution in [3.8, 4) is 11.3 Å². The molecule has 0 atom stereocenters.